The zero-order chi connectivity index (χ0) is 15.3. The Kier molecular flexibility index (Phi) is 3.12. The predicted octanol–water partition coefficient (Wildman–Crippen LogP) is 3.83. The molecule has 3 N–H and O–H groups in total. The van der Waals surface area contributed by atoms with Crippen LogP contribution in [0.3, 0.4) is 0 Å². The lowest BCUT2D eigenvalue weighted by Gasteiger charge is -2.03. The van der Waals surface area contributed by atoms with Gasteiger partial charge in [-0.3, -0.25) is 4.79 Å². The van der Waals surface area contributed by atoms with E-state index in [1.165, 1.54) is 28.3 Å². The molecule has 1 aliphatic carbocycles. The number of hydrogen-bond acceptors (Lipinski definition) is 5. The third kappa shape index (κ3) is 2.17. The van der Waals surface area contributed by atoms with E-state index in [0.29, 0.717) is 10.7 Å². The first-order valence-corrected chi connectivity index (χ1v) is 8.52. The zero-order valence-corrected chi connectivity index (χ0v) is 13.1. The van der Waals surface area contributed by atoms with Crippen LogP contribution in [-0.2, 0) is 12.8 Å². The van der Waals surface area contributed by atoms with Crippen LogP contribution in [0.15, 0.2) is 18.2 Å². The van der Waals surface area contributed by atoms with E-state index in [1.54, 1.807) is 17.4 Å². The molecule has 1 amide bonds. The van der Waals surface area contributed by atoms with Crippen LogP contribution in [0.25, 0.3) is 10.2 Å². The second-order valence-corrected chi connectivity index (χ2v) is 7.32. The highest BCUT2D eigenvalue weighted by Gasteiger charge is 2.25. The van der Waals surface area contributed by atoms with Gasteiger partial charge in [0.15, 0.2) is 5.13 Å². The normalized spacial score (nSPS) is 13.5. The maximum absolute atomic E-state index is 13.3. The van der Waals surface area contributed by atoms with Crippen LogP contribution in [0.5, 0.6) is 0 Å². The van der Waals surface area contributed by atoms with Crippen molar-refractivity contribution < 1.29 is 9.18 Å². The number of carbonyl (C=O) groups excluding carboxylic acids is 1. The molecular weight excluding hydrogens is 321 g/mol. The minimum atomic E-state index is -0.408. The summed E-state index contributed by atoms with van der Waals surface area (Å²) in [7, 11) is 0. The van der Waals surface area contributed by atoms with E-state index in [2.05, 4.69) is 10.3 Å². The van der Waals surface area contributed by atoms with Crippen molar-refractivity contribution >= 4 is 48.9 Å². The van der Waals surface area contributed by atoms with Gasteiger partial charge in [-0.1, -0.05) is 11.3 Å². The number of nitrogens with one attached hydrogen (secondary N) is 1. The molecule has 2 heterocycles. The molecule has 0 aliphatic heterocycles. The maximum Gasteiger partial charge on any atom is 0.251 e. The van der Waals surface area contributed by atoms with Gasteiger partial charge >= 0.3 is 0 Å². The summed E-state index contributed by atoms with van der Waals surface area (Å²) in [5.74, 6) is -0.690. The molecule has 0 spiro atoms. The summed E-state index contributed by atoms with van der Waals surface area (Å²) in [5, 5.41) is 4.58. The van der Waals surface area contributed by atoms with Gasteiger partial charge in [-0.25, -0.2) is 9.37 Å². The smallest absolute Gasteiger partial charge is 0.251 e. The molecule has 0 saturated carbocycles. The van der Waals surface area contributed by atoms with Gasteiger partial charge in [-0.2, -0.15) is 0 Å². The molecular formula is C15H12FN3OS2. The summed E-state index contributed by atoms with van der Waals surface area (Å²) in [5.41, 5.74) is 7.94. The average molecular weight is 333 g/mol. The lowest BCUT2D eigenvalue weighted by molar-refractivity contribution is 0.100. The second-order valence-electron chi connectivity index (χ2n) is 5.18. The number of benzene rings is 1. The number of halogens is 1. The first kappa shape index (κ1) is 13.7. The molecule has 0 bridgehead atoms. The van der Waals surface area contributed by atoms with Crippen molar-refractivity contribution in [1.82, 2.24) is 4.98 Å². The van der Waals surface area contributed by atoms with Crippen molar-refractivity contribution in [1.29, 1.82) is 0 Å². The number of thiazole rings is 1. The van der Waals surface area contributed by atoms with Gasteiger partial charge in [0.2, 0.25) is 0 Å². The Morgan fingerprint density at radius 3 is 3.00 bits per heavy atom. The number of rotatable bonds is 3. The summed E-state index contributed by atoms with van der Waals surface area (Å²) >= 11 is 2.93. The highest BCUT2D eigenvalue weighted by molar-refractivity contribution is 7.23. The van der Waals surface area contributed by atoms with Crippen LogP contribution in [0, 0.1) is 5.82 Å². The van der Waals surface area contributed by atoms with Gasteiger partial charge in [0, 0.05) is 4.88 Å². The fourth-order valence-corrected chi connectivity index (χ4v) is 5.06. The Labute approximate surface area is 133 Å². The molecule has 3 aromatic rings. The molecule has 0 atom stereocenters. The SMILES string of the molecule is NC(=O)c1c(Nc2nc3ccc(F)cc3s2)sc2c1CCC2. The van der Waals surface area contributed by atoms with Crippen LogP contribution in [0.4, 0.5) is 14.5 Å². The highest BCUT2D eigenvalue weighted by Crippen LogP contribution is 2.41. The zero-order valence-electron chi connectivity index (χ0n) is 11.5. The van der Waals surface area contributed by atoms with Crippen molar-refractivity contribution in [3.63, 3.8) is 0 Å². The summed E-state index contributed by atoms with van der Waals surface area (Å²) in [6.07, 6.45) is 2.96. The summed E-state index contributed by atoms with van der Waals surface area (Å²) < 4.78 is 14.0. The second kappa shape index (κ2) is 5.03. The molecule has 112 valence electrons. The van der Waals surface area contributed by atoms with Crippen LogP contribution in [-0.4, -0.2) is 10.9 Å². The molecule has 7 heteroatoms. The van der Waals surface area contributed by atoms with Gasteiger partial charge in [-0.05, 0) is 43.0 Å². The predicted molar refractivity (Wildman–Crippen MR) is 87.7 cm³/mol. The van der Waals surface area contributed by atoms with E-state index < -0.39 is 5.91 Å². The van der Waals surface area contributed by atoms with Crippen molar-refractivity contribution in [3.8, 4) is 0 Å². The van der Waals surface area contributed by atoms with Crippen molar-refractivity contribution in [2.45, 2.75) is 19.3 Å². The Morgan fingerprint density at radius 2 is 2.18 bits per heavy atom. The average Bonchev–Trinajstić information content (AvgIpc) is 3.11. The van der Waals surface area contributed by atoms with Crippen molar-refractivity contribution in [3.05, 3.63) is 40.0 Å². The molecule has 1 aliphatic rings. The monoisotopic (exact) mass is 333 g/mol. The number of fused-ring (bicyclic) bond motifs is 2. The standard InChI is InChI=1S/C15H12FN3OS2/c16-7-4-5-9-11(6-7)22-15(18-9)19-14-12(13(17)20)8-2-1-3-10(8)21-14/h4-6H,1-3H2,(H2,17,20)(H,18,19). The van der Waals surface area contributed by atoms with Gasteiger partial charge in [-0.15, -0.1) is 11.3 Å². The first-order chi connectivity index (χ1) is 10.6. The Bertz CT molecular complexity index is 900. The summed E-state index contributed by atoms with van der Waals surface area (Å²) in [4.78, 5) is 17.4. The molecule has 0 fully saturated rings. The largest absolute Gasteiger partial charge is 0.365 e. The van der Waals surface area contributed by atoms with E-state index >= 15 is 0 Å². The number of carbonyl (C=O) groups is 1. The molecule has 4 nitrogen and oxygen atoms in total. The fraction of sp³-hybridized carbons (Fsp3) is 0.200. The number of hydrogen-bond donors (Lipinski definition) is 2. The van der Waals surface area contributed by atoms with E-state index in [9.17, 15) is 9.18 Å². The van der Waals surface area contributed by atoms with Crippen molar-refractivity contribution in [2.24, 2.45) is 5.73 Å². The molecule has 1 aromatic carbocycles. The van der Waals surface area contributed by atoms with Gasteiger partial charge < -0.3 is 11.1 Å². The fourth-order valence-electron chi connectivity index (χ4n) is 2.80. The minimum absolute atomic E-state index is 0.282. The first-order valence-electron chi connectivity index (χ1n) is 6.89. The number of nitrogens with zero attached hydrogens (tertiary/aromatic N) is 1. The van der Waals surface area contributed by atoms with Crippen LogP contribution >= 0.6 is 22.7 Å². The number of aryl methyl sites for hydroxylation is 1. The number of primary amides is 1. The lowest BCUT2D eigenvalue weighted by atomic mass is 10.1. The van der Waals surface area contributed by atoms with E-state index in [0.717, 1.165) is 40.0 Å². The number of thiophene rings is 1. The van der Waals surface area contributed by atoms with Gasteiger partial charge in [0.05, 0.1) is 15.8 Å². The molecule has 0 radical (unpaired) electrons. The van der Waals surface area contributed by atoms with Crippen LogP contribution in [0.1, 0.15) is 27.2 Å². The van der Waals surface area contributed by atoms with Crippen molar-refractivity contribution in [2.75, 3.05) is 5.32 Å². The lowest BCUT2D eigenvalue weighted by Crippen LogP contribution is -2.13. The maximum atomic E-state index is 13.3. The third-order valence-corrected chi connectivity index (χ3v) is 5.88. The molecule has 4 rings (SSSR count). The number of amides is 1. The van der Waals surface area contributed by atoms with Crippen LogP contribution < -0.4 is 11.1 Å². The molecule has 0 saturated heterocycles. The van der Waals surface area contributed by atoms with E-state index in [1.807, 2.05) is 0 Å². The summed E-state index contributed by atoms with van der Waals surface area (Å²) in [6.45, 7) is 0. The van der Waals surface area contributed by atoms with E-state index in [4.69, 9.17) is 5.73 Å². The van der Waals surface area contributed by atoms with Crippen LogP contribution in [0.2, 0.25) is 0 Å². The molecule has 0 unspecified atom stereocenters. The Hall–Kier alpha value is -1.99. The quantitative estimate of drug-likeness (QED) is 0.765. The third-order valence-electron chi connectivity index (χ3n) is 3.74. The van der Waals surface area contributed by atoms with E-state index in [-0.39, 0.29) is 5.82 Å². The Balaban J connectivity index is 1.75. The highest BCUT2D eigenvalue weighted by atomic mass is 32.1. The molecule has 22 heavy (non-hydrogen) atoms. The number of nitrogens with two attached hydrogens (primary N) is 1. The van der Waals surface area contributed by atoms with Gasteiger partial charge in [0.1, 0.15) is 10.8 Å². The topological polar surface area (TPSA) is 68.0 Å². The number of anilines is 2. The number of aromatic nitrogens is 1. The van der Waals surface area contributed by atoms with Gasteiger partial charge in [0.25, 0.3) is 5.91 Å². The summed E-state index contributed by atoms with van der Waals surface area (Å²) in [6, 6.07) is 4.50. The Morgan fingerprint density at radius 1 is 1.32 bits per heavy atom. The molecule has 2 aromatic heterocycles. The minimum Gasteiger partial charge on any atom is -0.365 e.